The number of halogens is 2. The highest BCUT2D eigenvalue weighted by Gasteiger charge is 2.14. The van der Waals surface area contributed by atoms with E-state index in [1.807, 2.05) is 30.3 Å². The lowest BCUT2D eigenvalue weighted by Crippen LogP contribution is -2.29. The molecule has 2 aromatic carbocycles. The first-order valence-corrected chi connectivity index (χ1v) is 8.30. The zero-order chi connectivity index (χ0) is 17.8. The molecule has 25 heavy (non-hydrogen) atoms. The molecule has 1 amide bonds. The van der Waals surface area contributed by atoms with Crippen molar-refractivity contribution in [3.8, 4) is 0 Å². The van der Waals surface area contributed by atoms with Crippen LogP contribution in [0.2, 0.25) is 10.0 Å². The molecule has 0 bridgehead atoms. The molecule has 3 rings (SSSR count). The third kappa shape index (κ3) is 4.10. The van der Waals surface area contributed by atoms with Crippen molar-refractivity contribution in [3.05, 3.63) is 98.4 Å². The van der Waals surface area contributed by atoms with Gasteiger partial charge >= 0.3 is 0 Å². The van der Waals surface area contributed by atoms with Gasteiger partial charge in [-0.3, -0.25) is 9.59 Å². The molecule has 0 saturated carbocycles. The molecule has 0 atom stereocenters. The predicted octanol–water partition coefficient (Wildman–Crippen LogP) is 4.46. The summed E-state index contributed by atoms with van der Waals surface area (Å²) in [7, 11) is 0. The van der Waals surface area contributed by atoms with Gasteiger partial charge in [0.05, 0.1) is 17.3 Å². The topological polar surface area (TPSA) is 51.1 Å². The van der Waals surface area contributed by atoms with Crippen molar-refractivity contribution in [1.82, 2.24) is 4.57 Å². The first-order valence-electron chi connectivity index (χ1n) is 7.54. The molecule has 0 spiro atoms. The molecule has 6 heteroatoms. The minimum absolute atomic E-state index is 0.0458. The van der Waals surface area contributed by atoms with Crippen LogP contribution in [0.3, 0.4) is 0 Å². The van der Waals surface area contributed by atoms with Crippen molar-refractivity contribution < 1.29 is 4.79 Å². The zero-order valence-electron chi connectivity index (χ0n) is 13.1. The number of amides is 1. The van der Waals surface area contributed by atoms with Gasteiger partial charge in [-0.15, -0.1) is 0 Å². The van der Waals surface area contributed by atoms with Crippen LogP contribution in [0.1, 0.15) is 15.9 Å². The second kappa shape index (κ2) is 7.55. The molecule has 0 unspecified atom stereocenters. The number of rotatable bonds is 4. The summed E-state index contributed by atoms with van der Waals surface area (Å²) in [5.74, 6) is -0.517. The van der Waals surface area contributed by atoms with E-state index in [2.05, 4.69) is 5.32 Å². The van der Waals surface area contributed by atoms with Crippen molar-refractivity contribution in [3.63, 3.8) is 0 Å². The maximum Gasteiger partial charge on any atom is 0.263 e. The van der Waals surface area contributed by atoms with Crippen LogP contribution in [-0.2, 0) is 6.54 Å². The van der Waals surface area contributed by atoms with E-state index in [9.17, 15) is 9.59 Å². The number of aromatic nitrogens is 1. The second-order valence-electron chi connectivity index (χ2n) is 5.42. The smallest absolute Gasteiger partial charge is 0.263 e. The standard InChI is InChI=1S/C19H14Cl2N2O2/c20-14-8-9-17(16(21)11-14)22-18(24)15-7-4-10-23(19(15)25)12-13-5-2-1-3-6-13/h1-11H,12H2,(H,22,24). The van der Waals surface area contributed by atoms with E-state index >= 15 is 0 Å². The average molecular weight is 373 g/mol. The number of nitrogens with one attached hydrogen (secondary N) is 1. The molecule has 0 fully saturated rings. The lowest BCUT2D eigenvalue weighted by atomic mass is 10.2. The fourth-order valence-corrected chi connectivity index (χ4v) is 2.85. The minimum Gasteiger partial charge on any atom is -0.320 e. The molecule has 0 aliphatic heterocycles. The molecule has 0 radical (unpaired) electrons. The number of pyridine rings is 1. The Kier molecular flexibility index (Phi) is 5.22. The van der Waals surface area contributed by atoms with Gasteiger partial charge in [-0.25, -0.2) is 0 Å². The highest BCUT2D eigenvalue weighted by Crippen LogP contribution is 2.25. The summed E-state index contributed by atoms with van der Waals surface area (Å²) in [5, 5.41) is 3.42. The van der Waals surface area contributed by atoms with Crippen molar-refractivity contribution in [2.45, 2.75) is 6.54 Å². The number of hydrogen-bond donors (Lipinski definition) is 1. The Balaban J connectivity index is 1.86. The van der Waals surface area contributed by atoms with Crippen molar-refractivity contribution in [2.24, 2.45) is 0 Å². The van der Waals surface area contributed by atoms with Crippen molar-refractivity contribution >= 4 is 34.8 Å². The molecular weight excluding hydrogens is 359 g/mol. The van der Waals surface area contributed by atoms with E-state index in [1.165, 1.54) is 16.7 Å². The number of carbonyl (C=O) groups is 1. The van der Waals surface area contributed by atoms with E-state index in [-0.39, 0.29) is 11.1 Å². The van der Waals surface area contributed by atoms with Crippen molar-refractivity contribution in [2.75, 3.05) is 5.32 Å². The molecule has 1 aromatic heterocycles. The summed E-state index contributed by atoms with van der Waals surface area (Å²) in [6.45, 7) is 0.391. The minimum atomic E-state index is -0.517. The maximum atomic E-state index is 12.6. The Morgan fingerprint density at radius 3 is 2.48 bits per heavy atom. The van der Waals surface area contributed by atoms with Gasteiger partial charge in [-0.1, -0.05) is 53.5 Å². The molecule has 0 saturated heterocycles. The highest BCUT2D eigenvalue weighted by molar-refractivity contribution is 6.36. The van der Waals surface area contributed by atoms with E-state index in [0.717, 1.165) is 5.56 Å². The zero-order valence-corrected chi connectivity index (χ0v) is 14.6. The maximum absolute atomic E-state index is 12.6. The third-order valence-electron chi connectivity index (χ3n) is 3.64. The Hall–Kier alpha value is -2.56. The van der Waals surface area contributed by atoms with Gasteiger partial charge in [0.2, 0.25) is 0 Å². The Labute approximate surface area is 154 Å². The van der Waals surface area contributed by atoms with Crippen LogP contribution >= 0.6 is 23.2 Å². The first-order chi connectivity index (χ1) is 12.0. The molecule has 1 heterocycles. The van der Waals surface area contributed by atoms with Crippen LogP contribution < -0.4 is 10.9 Å². The van der Waals surface area contributed by atoms with E-state index in [1.54, 1.807) is 24.4 Å². The number of anilines is 1. The van der Waals surface area contributed by atoms with Crippen LogP contribution in [0.15, 0.2) is 71.7 Å². The monoisotopic (exact) mass is 372 g/mol. The number of nitrogens with zero attached hydrogens (tertiary/aromatic N) is 1. The van der Waals surface area contributed by atoms with Crippen LogP contribution in [0.25, 0.3) is 0 Å². The van der Waals surface area contributed by atoms with Gasteiger partial charge in [0.1, 0.15) is 5.56 Å². The Bertz CT molecular complexity index is 969. The summed E-state index contributed by atoms with van der Waals surface area (Å²) in [6, 6.07) is 17.4. The van der Waals surface area contributed by atoms with Gasteiger partial charge < -0.3 is 9.88 Å². The van der Waals surface area contributed by atoms with Gasteiger partial charge in [-0.2, -0.15) is 0 Å². The van der Waals surface area contributed by atoms with E-state index in [4.69, 9.17) is 23.2 Å². The summed E-state index contributed by atoms with van der Waals surface area (Å²) in [6.07, 6.45) is 1.65. The van der Waals surface area contributed by atoms with Crippen molar-refractivity contribution in [1.29, 1.82) is 0 Å². The number of hydrogen-bond acceptors (Lipinski definition) is 2. The van der Waals surface area contributed by atoms with Crippen LogP contribution in [0, 0.1) is 0 Å². The fourth-order valence-electron chi connectivity index (χ4n) is 2.39. The SMILES string of the molecule is O=C(Nc1ccc(Cl)cc1Cl)c1cccn(Cc2ccccc2)c1=O. The predicted molar refractivity (Wildman–Crippen MR) is 101 cm³/mol. The Morgan fingerprint density at radius 1 is 1.00 bits per heavy atom. The third-order valence-corrected chi connectivity index (χ3v) is 4.19. The summed E-state index contributed by atoms with van der Waals surface area (Å²) in [5.41, 5.74) is 1.05. The molecular formula is C19H14Cl2N2O2. The van der Waals surface area contributed by atoms with E-state index < -0.39 is 5.91 Å². The average Bonchev–Trinajstić information content (AvgIpc) is 2.60. The van der Waals surface area contributed by atoms with Gasteiger partial charge in [0.25, 0.3) is 11.5 Å². The number of carbonyl (C=O) groups excluding carboxylic acids is 1. The second-order valence-corrected chi connectivity index (χ2v) is 6.26. The largest absolute Gasteiger partial charge is 0.320 e. The van der Waals surface area contributed by atoms with Crippen LogP contribution in [-0.4, -0.2) is 10.5 Å². The molecule has 0 aliphatic carbocycles. The quantitative estimate of drug-likeness (QED) is 0.734. The molecule has 1 N–H and O–H groups in total. The van der Waals surface area contributed by atoms with Crippen LogP contribution in [0.4, 0.5) is 5.69 Å². The fraction of sp³-hybridized carbons (Fsp3) is 0.0526. The van der Waals surface area contributed by atoms with E-state index in [0.29, 0.717) is 22.3 Å². The summed E-state index contributed by atoms with van der Waals surface area (Å²) < 4.78 is 1.49. The summed E-state index contributed by atoms with van der Waals surface area (Å²) in [4.78, 5) is 25.1. The summed E-state index contributed by atoms with van der Waals surface area (Å²) >= 11 is 11.9. The van der Waals surface area contributed by atoms with Crippen LogP contribution in [0.5, 0.6) is 0 Å². The highest BCUT2D eigenvalue weighted by atomic mass is 35.5. The Morgan fingerprint density at radius 2 is 1.76 bits per heavy atom. The lowest BCUT2D eigenvalue weighted by Gasteiger charge is -2.10. The molecule has 126 valence electrons. The van der Waals surface area contributed by atoms with Gasteiger partial charge in [-0.05, 0) is 35.9 Å². The first kappa shape index (κ1) is 17.3. The molecule has 4 nitrogen and oxygen atoms in total. The number of benzene rings is 2. The lowest BCUT2D eigenvalue weighted by molar-refractivity contribution is 0.102. The van der Waals surface area contributed by atoms with Gasteiger partial charge in [0, 0.05) is 11.2 Å². The van der Waals surface area contributed by atoms with Gasteiger partial charge in [0.15, 0.2) is 0 Å². The molecule has 3 aromatic rings. The normalized spacial score (nSPS) is 10.5. The molecule has 0 aliphatic rings.